The van der Waals surface area contributed by atoms with Crippen molar-refractivity contribution < 1.29 is 9.18 Å². The van der Waals surface area contributed by atoms with Gasteiger partial charge in [-0.3, -0.25) is 4.79 Å². The molecule has 3 aromatic rings. The zero-order chi connectivity index (χ0) is 17.6. The maximum Gasteiger partial charge on any atom is 0.233 e. The smallest absolute Gasteiger partial charge is 0.233 e. The third-order valence-corrected chi connectivity index (χ3v) is 4.39. The Morgan fingerprint density at radius 1 is 1.20 bits per heavy atom. The molecule has 5 nitrogen and oxygen atoms in total. The highest BCUT2D eigenvalue weighted by molar-refractivity contribution is 7.99. The lowest BCUT2D eigenvalue weighted by Gasteiger charge is -2.16. The molecule has 0 spiro atoms. The Morgan fingerprint density at radius 3 is 2.76 bits per heavy atom. The second kappa shape index (κ2) is 7.94. The molecule has 0 radical (unpaired) electrons. The zero-order valence-electron chi connectivity index (χ0n) is 13.7. The first kappa shape index (κ1) is 17.2. The van der Waals surface area contributed by atoms with E-state index < -0.39 is 0 Å². The molecule has 0 aliphatic carbocycles. The molecular weight excluding hydrogens is 339 g/mol. The number of aromatic nitrogens is 3. The van der Waals surface area contributed by atoms with Crippen molar-refractivity contribution in [1.29, 1.82) is 0 Å². The monoisotopic (exact) mass is 356 g/mol. The molecule has 1 aromatic heterocycles. The van der Waals surface area contributed by atoms with Crippen LogP contribution in [0.2, 0.25) is 0 Å². The lowest BCUT2D eigenvalue weighted by molar-refractivity contribution is -0.127. The number of hydrogen-bond donors (Lipinski definition) is 0. The number of rotatable bonds is 6. The van der Waals surface area contributed by atoms with Crippen molar-refractivity contribution >= 4 is 17.7 Å². The van der Waals surface area contributed by atoms with Crippen molar-refractivity contribution in [3.8, 4) is 5.69 Å². The van der Waals surface area contributed by atoms with Crippen LogP contribution in [0, 0.1) is 5.82 Å². The van der Waals surface area contributed by atoms with Gasteiger partial charge in [-0.05, 0) is 29.8 Å². The first-order valence-corrected chi connectivity index (χ1v) is 8.68. The van der Waals surface area contributed by atoms with Crippen molar-refractivity contribution in [3.63, 3.8) is 0 Å². The van der Waals surface area contributed by atoms with Crippen LogP contribution < -0.4 is 0 Å². The molecule has 1 heterocycles. The predicted octanol–water partition coefficient (Wildman–Crippen LogP) is 3.16. The summed E-state index contributed by atoms with van der Waals surface area (Å²) in [6.07, 6.45) is 1.62. The summed E-state index contributed by atoms with van der Waals surface area (Å²) in [6.45, 7) is 0.364. The molecule has 0 saturated carbocycles. The molecule has 0 aliphatic rings. The SMILES string of the molecule is CN(Cc1cccc(F)c1)C(=O)CSc1ncn(-c2ccccc2)n1. The van der Waals surface area contributed by atoms with E-state index in [9.17, 15) is 9.18 Å². The number of carbonyl (C=O) groups excluding carboxylic acids is 1. The van der Waals surface area contributed by atoms with Gasteiger partial charge in [0.1, 0.15) is 12.1 Å². The number of thioether (sulfide) groups is 1. The van der Waals surface area contributed by atoms with E-state index in [1.54, 1.807) is 35.1 Å². The van der Waals surface area contributed by atoms with E-state index in [0.717, 1.165) is 11.3 Å². The second-order valence-corrected chi connectivity index (χ2v) is 6.42. The van der Waals surface area contributed by atoms with Gasteiger partial charge in [-0.15, -0.1) is 5.10 Å². The highest BCUT2D eigenvalue weighted by atomic mass is 32.2. The Bertz CT molecular complexity index is 853. The van der Waals surface area contributed by atoms with E-state index in [1.165, 1.54) is 23.9 Å². The van der Waals surface area contributed by atoms with E-state index in [2.05, 4.69) is 10.1 Å². The fourth-order valence-corrected chi connectivity index (χ4v) is 2.99. The molecule has 0 atom stereocenters. The van der Waals surface area contributed by atoms with Gasteiger partial charge in [0.25, 0.3) is 0 Å². The summed E-state index contributed by atoms with van der Waals surface area (Å²) in [5.74, 6) is -0.140. The lowest BCUT2D eigenvalue weighted by atomic mass is 10.2. The van der Waals surface area contributed by atoms with E-state index >= 15 is 0 Å². The van der Waals surface area contributed by atoms with Crippen molar-refractivity contribution in [3.05, 3.63) is 72.3 Å². The van der Waals surface area contributed by atoms with Gasteiger partial charge in [-0.25, -0.2) is 14.1 Å². The standard InChI is InChI=1S/C18H17FN4OS/c1-22(11-14-6-5-7-15(19)10-14)17(24)12-25-18-20-13-23(21-18)16-8-3-2-4-9-16/h2-10,13H,11-12H2,1H3. The normalized spacial score (nSPS) is 10.6. The topological polar surface area (TPSA) is 51.0 Å². The number of nitrogens with zero attached hydrogens (tertiary/aromatic N) is 4. The molecule has 1 amide bonds. The summed E-state index contributed by atoms with van der Waals surface area (Å²) in [7, 11) is 1.70. The first-order chi connectivity index (χ1) is 12.1. The van der Waals surface area contributed by atoms with Crippen molar-refractivity contribution in [2.75, 3.05) is 12.8 Å². The van der Waals surface area contributed by atoms with Gasteiger partial charge in [-0.1, -0.05) is 42.1 Å². The highest BCUT2D eigenvalue weighted by Crippen LogP contribution is 2.15. The minimum Gasteiger partial charge on any atom is -0.341 e. The molecule has 0 N–H and O–H groups in total. The van der Waals surface area contributed by atoms with E-state index in [-0.39, 0.29) is 17.5 Å². The molecule has 0 saturated heterocycles. The third-order valence-electron chi connectivity index (χ3n) is 3.55. The molecule has 2 aromatic carbocycles. The minimum atomic E-state index is -0.302. The van der Waals surface area contributed by atoms with Crippen LogP contribution in [0.5, 0.6) is 0 Å². The molecule has 25 heavy (non-hydrogen) atoms. The van der Waals surface area contributed by atoms with Crippen LogP contribution in [0.25, 0.3) is 5.69 Å². The van der Waals surface area contributed by atoms with Gasteiger partial charge in [0.05, 0.1) is 11.4 Å². The molecule has 0 bridgehead atoms. The minimum absolute atomic E-state index is 0.0645. The largest absolute Gasteiger partial charge is 0.341 e. The first-order valence-electron chi connectivity index (χ1n) is 7.70. The van der Waals surface area contributed by atoms with Gasteiger partial charge in [-0.2, -0.15) is 0 Å². The average Bonchev–Trinajstić information content (AvgIpc) is 3.09. The Hall–Kier alpha value is -2.67. The Labute approximate surface area is 149 Å². The molecule has 3 rings (SSSR count). The van der Waals surface area contributed by atoms with Crippen LogP contribution in [-0.4, -0.2) is 38.4 Å². The lowest BCUT2D eigenvalue weighted by Crippen LogP contribution is -2.27. The Kier molecular flexibility index (Phi) is 5.45. The maximum atomic E-state index is 13.2. The van der Waals surface area contributed by atoms with E-state index in [4.69, 9.17) is 0 Å². The molecular formula is C18H17FN4OS. The quantitative estimate of drug-likeness (QED) is 0.637. The van der Waals surface area contributed by atoms with Crippen LogP contribution >= 0.6 is 11.8 Å². The fourth-order valence-electron chi connectivity index (χ4n) is 2.25. The number of hydrogen-bond acceptors (Lipinski definition) is 4. The van der Waals surface area contributed by atoms with Crippen LogP contribution in [0.1, 0.15) is 5.56 Å². The van der Waals surface area contributed by atoms with Crippen molar-refractivity contribution in [2.45, 2.75) is 11.7 Å². The van der Waals surface area contributed by atoms with Gasteiger partial charge in [0.15, 0.2) is 0 Å². The van der Waals surface area contributed by atoms with Crippen LogP contribution in [0.3, 0.4) is 0 Å². The van der Waals surface area contributed by atoms with Crippen LogP contribution in [0.15, 0.2) is 66.1 Å². The number of benzene rings is 2. The number of para-hydroxylation sites is 1. The molecule has 0 aliphatic heterocycles. The highest BCUT2D eigenvalue weighted by Gasteiger charge is 2.12. The fraction of sp³-hybridized carbons (Fsp3) is 0.167. The summed E-state index contributed by atoms with van der Waals surface area (Å²) in [5.41, 5.74) is 1.67. The summed E-state index contributed by atoms with van der Waals surface area (Å²) in [6, 6.07) is 15.9. The van der Waals surface area contributed by atoms with E-state index in [1.807, 2.05) is 30.3 Å². The zero-order valence-corrected chi connectivity index (χ0v) is 14.5. The number of halogens is 1. The average molecular weight is 356 g/mol. The summed E-state index contributed by atoms with van der Waals surface area (Å²) < 4.78 is 14.9. The molecule has 0 fully saturated rings. The van der Waals surface area contributed by atoms with Crippen LogP contribution in [-0.2, 0) is 11.3 Å². The molecule has 128 valence electrons. The summed E-state index contributed by atoms with van der Waals surface area (Å²) >= 11 is 1.28. The van der Waals surface area contributed by atoms with Gasteiger partial charge in [0.2, 0.25) is 11.1 Å². The second-order valence-electron chi connectivity index (χ2n) is 5.48. The Balaban J connectivity index is 1.54. The molecule has 7 heteroatoms. The van der Waals surface area contributed by atoms with Crippen LogP contribution in [0.4, 0.5) is 4.39 Å². The van der Waals surface area contributed by atoms with E-state index in [0.29, 0.717) is 11.7 Å². The number of carbonyl (C=O) groups is 1. The molecule has 0 unspecified atom stereocenters. The predicted molar refractivity (Wildman–Crippen MR) is 95.0 cm³/mol. The van der Waals surface area contributed by atoms with Crippen molar-refractivity contribution in [1.82, 2.24) is 19.7 Å². The maximum absolute atomic E-state index is 13.2. The Morgan fingerprint density at radius 2 is 2.00 bits per heavy atom. The summed E-state index contributed by atoms with van der Waals surface area (Å²) in [5, 5.41) is 4.89. The third kappa shape index (κ3) is 4.67. The van der Waals surface area contributed by atoms with Gasteiger partial charge in [0, 0.05) is 13.6 Å². The van der Waals surface area contributed by atoms with Gasteiger partial charge >= 0.3 is 0 Å². The number of amides is 1. The summed E-state index contributed by atoms with van der Waals surface area (Å²) in [4.78, 5) is 18.0. The van der Waals surface area contributed by atoms with Crippen molar-refractivity contribution in [2.24, 2.45) is 0 Å². The van der Waals surface area contributed by atoms with Gasteiger partial charge < -0.3 is 4.90 Å².